The molecular formula is C25H24N4O2S. The van der Waals surface area contributed by atoms with Gasteiger partial charge >= 0.3 is 0 Å². The maximum atomic E-state index is 13.3. The van der Waals surface area contributed by atoms with Gasteiger partial charge in [0.25, 0.3) is 11.8 Å². The summed E-state index contributed by atoms with van der Waals surface area (Å²) in [5, 5.41) is 5.16. The van der Waals surface area contributed by atoms with Crippen LogP contribution in [0, 0.1) is 0 Å². The smallest absolute Gasteiger partial charge is 0.278 e. The van der Waals surface area contributed by atoms with Crippen LogP contribution in [0.3, 0.4) is 0 Å². The summed E-state index contributed by atoms with van der Waals surface area (Å²) in [5.41, 5.74) is 3.54. The van der Waals surface area contributed by atoms with Crippen molar-refractivity contribution in [3.63, 3.8) is 0 Å². The number of carbonyl (C=O) groups is 2. The highest BCUT2D eigenvalue weighted by atomic mass is 32.1. The van der Waals surface area contributed by atoms with Crippen molar-refractivity contribution in [3.8, 4) is 0 Å². The largest absolute Gasteiger partial charge is 0.372 e. The molecule has 4 heterocycles. The third-order valence-electron chi connectivity index (χ3n) is 5.86. The van der Waals surface area contributed by atoms with Crippen LogP contribution >= 0.6 is 11.3 Å². The van der Waals surface area contributed by atoms with Crippen molar-refractivity contribution in [3.05, 3.63) is 82.4 Å². The van der Waals surface area contributed by atoms with Gasteiger partial charge in [-0.3, -0.25) is 19.5 Å². The standard InChI is InChI=1S/C25H24N4O2S/c30-24-22(21-7-5-15-32-21)23(25(31)29(24)17-18-6-4-12-26-16-18)27-19-8-10-20(11-9-19)28-13-2-1-3-14-28/h4-12,15-16,27H,1-3,13-14,17H2. The molecule has 2 aromatic heterocycles. The summed E-state index contributed by atoms with van der Waals surface area (Å²) in [6.45, 7) is 2.35. The van der Waals surface area contributed by atoms with E-state index >= 15 is 0 Å². The Morgan fingerprint density at radius 1 is 0.938 bits per heavy atom. The number of rotatable bonds is 6. The molecule has 0 saturated carbocycles. The van der Waals surface area contributed by atoms with Crippen LogP contribution in [0.25, 0.3) is 5.57 Å². The van der Waals surface area contributed by atoms with Crippen LogP contribution in [0.4, 0.5) is 11.4 Å². The SMILES string of the molecule is O=C1C(Nc2ccc(N3CCCCC3)cc2)=C(c2cccs2)C(=O)N1Cc1cccnc1. The van der Waals surface area contributed by atoms with Crippen LogP contribution in [-0.4, -0.2) is 34.8 Å². The fraction of sp³-hybridized carbons (Fsp3) is 0.240. The van der Waals surface area contributed by atoms with Gasteiger partial charge in [0, 0.05) is 41.7 Å². The van der Waals surface area contributed by atoms with Gasteiger partial charge in [-0.1, -0.05) is 12.1 Å². The second kappa shape index (κ2) is 8.96. The Balaban J connectivity index is 1.42. The third kappa shape index (κ3) is 4.03. The Hall–Kier alpha value is -3.45. The number of pyridine rings is 1. The number of carbonyl (C=O) groups excluding carboxylic acids is 2. The number of benzene rings is 1. The molecule has 2 amide bonds. The molecule has 2 aliphatic rings. The summed E-state index contributed by atoms with van der Waals surface area (Å²) in [6, 6.07) is 15.5. The molecule has 0 bridgehead atoms. The number of nitrogens with one attached hydrogen (secondary N) is 1. The van der Waals surface area contributed by atoms with Gasteiger partial charge in [-0.05, 0) is 66.6 Å². The number of aromatic nitrogens is 1. The minimum atomic E-state index is -0.317. The highest BCUT2D eigenvalue weighted by Gasteiger charge is 2.39. The minimum absolute atomic E-state index is 0.194. The van der Waals surface area contributed by atoms with Crippen LogP contribution in [0.1, 0.15) is 29.7 Å². The molecule has 162 valence electrons. The molecule has 1 aromatic carbocycles. The molecule has 0 spiro atoms. The van der Waals surface area contributed by atoms with E-state index in [1.54, 1.807) is 18.5 Å². The van der Waals surface area contributed by atoms with Crippen molar-refractivity contribution in [2.24, 2.45) is 0 Å². The number of nitrogens with zero attached hydrogens (tertiary/aromatic N) is 3. The molecule has 0 unspecified atom stereocenters. The number of hydrogen-bond donors (Lipinski definition) is 1. The zero-order chi connectivity index (χ0) is 21.9. The lowest BCUT2D eigenvalue weighted by Crippen LogP contribution is -2.32. The molecule has 1 fully saturated rings. The number of anilines is 2. The summed E-state index contributed by atoms with van der Waals surface area (Å²) in [7, 11) is 0. The average Bonchev–Trinajstić information content (AvgIpc) is 3.44. The lowest BCUT2D eigenvalue weighted by molar-refractivity contribution is -0.137. The van der Waals surface area contributed by atoms with Gasteiger partial charge in [0.05, 0.1) is 12.1 Å². The van der Waals surface area contributed by atoms with E-state index < -0.39 is 0 Å². The number of amides is 2. The van der Waals surface area contributed by atoms with Gasteiger partial charge in [0.2, 0.25) is 0 Å². The quantitative estimate of drug-likeness (QED) is 0.566. The summed E-state index contributed by atoms with van der Waals surface area (Å²) < 4.78 is 0. The molecule has 2 aliphatic heterocycles. The second-order valence-corrected chi connectivity index (χ2v) is 8.95. The van der Waals surface area contributed by atoms with Crippen molar-refractivity contribution in [1.29, 1.82) is 0 Å². The lowest BCUT2D eigenvalue weighted by atomic mass is 10.1. The first-order valence-electron chi connectivity index (χ1n) is 10.9. The fourth-order valence-electron chi connectivity index (χ4n) is 4.21. The monoisotopic (exact) mass is 444 g/mol. The Morgan fingerprint density at radius 3 is 2.44 bits per heavy atom. The van der Waals surface area contributed by atoms with Gasteiger partial charge in [-0.15, -0.1) is 11.3 Å². The summed E-state index contributed by atoms with van der Waals surface area (Å²) >= 11 is 1.45. The second-order valence-electron chi connectivity index (χ2n) is 8.00. The lowest BCUT2D eigenvalue weighted by Gasteiger charge is -2.28. The summed E-state index contributed by atoms with van der Waals surface area (Å²) in [4.78, 5) is 35.1. The van der Waals surface area contributed by atoms with Crippen molar-refractivity contribution in [1.82, 2.24) is 9.88 Å². The Kier molecular flexibility index (Phi) is 5.73. The fourth-order valence-corrected chi connectivity index (χ4v) is 4.98. The van der Waals surface area contributed by atoms with E-state index in [1.807, 2.05) is 35.7 Å². The Labute approximate surface area is 191 Å². The van der Waals surface area contributed by atoms with Crippen molar-refractivity contribution < 1.29 is 9.59 Å². The zero-order valence-electron chi connectivity index (χ0n) is 17.7. The van der Waals surface area contributed by atoms with Gasteiger partial charge in [0.1, 0.15) is 5.70 Å². The van der Waals surface area contributed by atoms with Crippen molar-refractivity contribution in [2.45, 2.75) is 25.8 Å². The van der Waals surface area contributed by atoms with Gasteiger partial charge < -0.3 is 10.2 Å². The highest BCUT2D eigenvalue weighted by molar-refractivity contribution is 7.11. The van der Waals surface area contributed by atoms with Crippen molar-refractivity contribution in [2.75, 3.05) is 23.3 Å². The number of thiophene rings is 1. The molecule has 1 saturated heterocycles. The maximum Gasteiger partial charge on any atom is 0.278 e. The van der Waals surface area contributed by atoms with E-state index in [0.29, 0.717) is 11.3 Å². The molecule has 0 radical (unpaired) electrons. The molecule has 6 nitrogen and oxygen atoms in total. The Morgan fingerprint density at radius 2 is 1.75 bits per heavy atom. The van der Waals surface area contributed by atoms with E-state index in [1.165, 1.54) is 41.2 Å². The van der Waals surface area contributed by atoms with E-state index in [4.69, 9.17) is 0 Å². The molecule has 3 aromatic rings. The van der Waals surface area contributed by atoms with Crippen LogP contribution in [0.2, 0.25) is 0 Å². The van der Waals surface area contributed by atoms with E-state index in [-0.39, 0.29) is 18.4 Å². The van der Waals surface area contributed by atoms with E-state index in [0.717, 1.165) is 29.2 Å². The average molecular weight is 445 g/mol. The number of piperidine rings is 1. The topological polar surface area (TPSA) is 65.5 Å². The molecule has 0 aliphatic carbocycles. The first kappa shape index (κ1) is 20.5. The number of hydrogen-bond acceptors (Lipinski definition) is 6. The molecule has 5 rings (SSSR count). The number of imide groups is 1. The summed E-state index contributed by atoms with van der Waals surface area (Å²) in [5.74, 6) is -0.601. The predicted molar refractivity (Wildman–Crippen MR) is 127 cm³/mol. The first-order chi connectivity index (χ1) is 15.7. The normalized spacial score (nSPS) is 16.8. The van der Waals surface area contributed by atoms with Gasteiger partial charge in [0.15, 0.2) is 0 Å². The van der Waals surface area contributed by atoms with Gasteiger partial charge in [-0.25, -0.2) is 0 Å². The molecular weight excluding hydrogens is 420 g/mol. The third-order valence-corrected chi connectivity index (χ3v) is 6.74. The molecule has 0 atom stereocenters. The van der Waals surface area contributed by atoms with E-state index in [9.17, 15) is 9.59 Å². The van der Waals surface area contributed by atoms with Crippen LogP contribution in [-0.2, 0) is 16.1 Å². The van der Waals surface area contributed by atoms with Crippen molar-refractivity contribution >= 4 is 40.1 Å². The molecule has 1 N–H and O–H groups in total. The van der Waals surface area contributed by atoms with Crippen LogP contribution in [0.5, 0.6) is 0 Å². The Bertz CT molecular complexity index is 1130. The minimum Gasteiger partial charge on any atom is -0.372 e. The molecule has 32 heavy (non-hydrogen) atoms. The summed E-state index contributed by atoms with van der Waals surface area (Å²) in [6.07, 6.45) is 7.09. The molecule has 7 heteroatoms. The zero-order valence-corrected chi connectivity index (χ0v) is 18.5. The maximum absolute atomic E-state index is 13.3. The first-order valence-corrected chi connectivity index (χ1v) is 11.7. The van der Waals surface area contributed by atoms with Crippen LogP contribution in [0.15, 0.2) is 72.0 Å². The predicted octanol–water partition coefficient (Wildman–Crippen LogP) is 4.53. The highest BCUT2D eigenvalue weighted by Crippen LogP contribution is 2.34. The van der Waals surface area contributed by atoms with Crippen LogP contribution < -0.4 is 10.2 Å². The van der Waals surface area contributed by atoms with Gasteiger partial charge in [-0.2, -0.15) is 0 Å². The van der Waals surface area contributed by atoms with E-state index in [2.05, 4.69) is 27.3 Å².